The molecule has 0 aliphatic carbocycles. The van der Waals surface area contributed by atoms with Gasteiger partial charge in [0.05, 0.1) is 19.3 Å². The molecule has 2 aliphatic rings. The average molecular weight is 461 g/mol. The van der Waals surface area contributed by atoms with Crippen LogP contribution in [-0.4, -0.2) is 54.8 Å². The molecule has 31 heavy (non-hydrogen) atoms. The molecule has 0 saturated carbocycles. The first-order chi connectivity index (χ1) is 14.9. The monoisotopic (exact) mass is 460 g/mol. The van der Waals surface area contributed by atoms with Gasteiger partial charge in [0.2, 0.25) is 5.91 Å². The molecule has 1 spiro atoms. The lowest BCUT2D eigenvalue weighted by Crippen LogP contribution is -2.52. The lowest BCUT2D eigenvalue weighted by molar-refractivity contribution is -0.119. The number of amides is 2. The van der Waals surface area contributed by atoms with E-state index in [1.807, 2.05) is 11.0 Å². The summed E-state index contributed by atoms with van der Waals surface area (Å²) in [5.41, 5.74) is 1.02. The summed E-state index contributed by atoms with van der Waals surface area (Å²) in [6.07, 6.45) is 1.24. The fourth-order valence-corrected chi connectivity index (χ4v) is 4.25. The van der Waals surface area contributed by atoms with Gasteiger partial charge < -0.3 is 15.4 Å². The van der Waals surface area contributed by atoms with E-state index in [-0.39, 0.29) is 18.4 Å². The molecule has 2 heterocycles. The van der Waals surface area contributed by atoms with Crippen LogP contribution in [0, 0.1) is 0 Å². The summed E-state index contributed by atoms with van der Waals surface area (Å²) >= 11 is 12.1. The molecular formula is C22H22Cl2N4O3. The van der Waals surface area contributed by atoms with Crippen molar-refractivity contribution in [1.82, 2.24) is 10.2 Å². The standard InChI is InChI=1S/C22H22Cl2N4O3/c1-31-18-6-5-16(24)12-17(18)25-19(29)13-28-9-7-22(8-10-28)26-20(21(30)27-22)14-3-2-4-15(23)11-14/h2-6,11-12H,7-10,13H2,1H3,(H,25,29)(H,27,30). The number of hydrogen-bond donors (Lipinski definition) is 2. The van der Waals surface area contributed by atoms with Crippen LogP contribution in [0.15, 0.2) is 47.5 Å². The Bertz CT molecular complexity index is 1050. The number of piperidine rings is 1. The summed E-state index contributed by atoms with van der Waals surface area (Å²) in [6, 6.07) is 12.2. The number of aliphatic imine (C=N–C) groups is 1. The first kappa shape index (κ1) is 21.6. The molecule has 0 atom stereocenters. The minimum atomic E-state index is -0.627. The molecule has 9 heteroatoms. The minimum absolute atomic E-state index is 0.157. The van der Waals surface area contributed by atoms with Crippen LogP contribution in [0.25, 0.3) is 0 Å². The zero-order chi connectivity index (χ0) is 22.0. The summed E-state index contributed by atoms with van der Waals surface area (Å²) < 4.78 is 5.27. The third-order valence-electron chi connectivity index (χ3n) is 5.47. The lowest BCUT2D eigenvalue weighted by atomic mass is 9.98. The van der Waals surface area contributed by atoms with Gasteiger partial charge >= 0.3 is 0 Å². The number of benzene rings is 2. The smallest absolute Gasteiger partial charge is 0.272 e. The number of carbonyl (C=O) groups excluding carboxylic acids is 2. The van der Waals surface area contributed by atoms with Gasteiger partial charge in [-0.1, -0.05) is 35.3 Å². The van der Waals surface area contributed by atoms with Gasteiger partial charge in [0.25, 0.3) is 5.91 Å². The van der Waals surface area contributed by atoms with E-state index < -0.39 is 5.66 Å². The molecule has 1 fully saturated rings. The van der Waals surface area contributed by atoms with Crippen LogP contribution >= 0.6 is 23.2 Å². The molecule has 0 aromatic heterocycles. The third-order valence-corrected chi connectivity index (χ3v) is 5.94. The van der Waals surface area contributed by atoms with Crippen LogP contribution < -0.4 is 15.4 Å². The summed E-state index contributed by atoms with van der Waals surface area (Å²) in [5, 5.41) is 6.96. The van der Waals surface area contributed by atoms with Crippen LogP contribution in [0.4, 0.5) is 5.69 Å². The molecule has 0 radical (unpaired) electrons. The Morgan fingerprint density at radius 1 is 1.19 bits per heavy atom. The molecule has 7 nitrogen and oxygen atoms in total. The number of ether oxygens (including phenoxy) is 1. The second-order valence-electron chi connectivity index (χ2n) is 7.63. The Morgan fingerprint density at radius 3 is 2.65 bits per heavy atom. The topological polar surface area (TPSA) is 83.0 Å². The van der Waals surface area contributed by atoms with E-state index in [0.29, 0.717) is 58.7 Å². The van der Waals surface area contributed by atoms with Gasteiger partial charge in [-0.05, 0) is 30.3 Å². The number of nitrogens with one attached hydrogen (secondary N) is 2. The summed E-state index contributed by atoms with van der Waals surface area (Å²) in [4.78, 5) is 31.8. The highest BCUT2D eigenvalue weighted by Gasteiger charge is 2.42. The number of hydrogen-bond acceptors (Lipinski definition) is 5. The molecule has 4 rings (SSSR count). The van der Waals surface area contributed by atoms with Gasteiger partial charge in [0.15, 0.2) is 0 Å². The van der Waals surface area contributed by atoms with Crippen molar-refractivity contribution in [3.63, 3.8) is 0 Å². The molecule has 2 aromatic carbocycles. The van der Waals surface area contributed by atoms with Crippen LogP contribution in [0.2, 0.25) is 10.0 Å². The molecule has 1 saturated heterocycles. The Kier molecular flexibility index (Phi) is 6.18. The maximum absolute atomic E-state index is 12.5. The number of rotatable bonds is 5. The zero-order valence-corrected chi connectivity index (χ0v) is 18.5. The lowest BCUT2D eigenvalue weighted by Gasteiger charge is -2.36. The summed E-state index contributed by atoms with van der Waals surface area (Å²) in [7, 11) is 1.54. The number of halogens is 2. The fourth-order valence-electron chi connectivity index (χ4n) is 3.88. The van der Waals surface area contributed by atoms with E-state index in [4.69, 9.17) is 32.9 Å². The largest absolute Gasteiger partial charge is 0.495 e. The van der Waals surface area contributed by atoms with E-state index in [0.717, 1.165) is 0 Å². The van der Waals surface area contributed by atoms with Crippen molar-refractivity contribution in [2.24, 2.45) is 4.99 Å². The van der Waals surface area contributed by atoms with Gasteiger partial charge in [0, 0.05) is 41.5 Å². The third kappa shape index (κ3) is 4.84. The summed E-state index contributed by atoms with van der Waals surface area (Å²) in [5.74, 6) is 0.198. The van der Waals surface area contributed by atoms with Gasteiger partial charge in [-0.25, -0.2) is 0 Å². The Hall–Kier alpha value is -2.61. The maximum Gasteiger partial charge on any atom is 0.272 e. The molecule has 2 aromatic rings. The minimum Gasteiger partial charge on any atom is -0.495 e. The van der Waals surface area contributed by atoms with Gasteiger partial charge in [-0.2, -0.15) is 0 Å². The Labute approximate surface area is 190 Å². The van der Waals surface area contributed by atoms with Crippen LogP contribution in [0.5, 0.6) is 5.75 Å². The van der Waals surface area contributed by atoms with Crippen molar-refractivity contribution in [3.8, 4) is 5.75 Å². The first-order valence-corrected chi connectivity index (χ1v) is 10.7. The number of likely N-dealkylation sites (tertiary alicyclic amines) is 1. The number of methoxy groups -OCH3 is 1. The SMILES string of the molecule is COc1ccc(Cl)cc1NC(=O)CN1CCC2(CC1)N=C(c1cccc(Cl)c1)C(=O)N2. The number of carbonyl (C=O) groups is 2. The normalized spacial score (nSPS) is 17.9. The highest BCUT2D eigenvalue weighted by molar-refractivity contribution is 6.47. The van der Waals surface area contributed by atoms with E-state index in [1.165, 1.54) is 7.11 Å². The predicted octanol–water partition coefficient (Wildman–Crippen LogP) is 3.35. The van der Waals surface area contributed by atoms with Crippen molar-refractivity contribution in [3.05, 3.63) is 58.1 Å². The fraction of sp³-hybridized carbons (Fsp3) is 0.318. The van der Waals surface area contributed by atoms with Crippen LogP contribution in [0.1, 0.15) is 18.4 Å². The molecule has 0 unspecified atom stereocenters. The van der Waals surface area contributed by atoms with Gasteiger partial charge in [0.1, 0.15) is 17.1 Å². The molecule has 2 amide bonds. The Balaban J connectivity index is 1.37. The number of anilines is 1. The second kappa shape index (κ2) is 8.86. The van der Waals surface area contributed by atoms with Crippen LogP contribution in [-0.2, 0) is 9.59 Å². The van der Waals surface area contributed by atoms with Crippen molar-refractivity contribution in [2.75, 3.05) is 32.1 Å². The molecule has 2 N–H and O–H groups in total. The van der Waals surface area contributed by atoms with E-state index in [2.05, 4.69) is 10.6 Å². The van der Waals surface area contributed by atoms with Gasteiger partial charge in [-0.15, -0.1) is 0 Å². The average Bonchev–Trinajstić information content (AvgIpc) is 3.06. The highest BCUT2D eigenvalue weighted by Crippen LogP contribution is 2.30. The predicted molar refractivity (Wildman–Crippen MR) is 121 cm³/mol. The van der Waals surface area contributed by atoms with Crippen molar-refractivity contribution in [2.45, 2.75) is 18.5 Å². The van der Waals surface area contributed by atoms with Crippen molar-refractivity contribution >= 4 is 46.4 Å². The zero-order valence-electron chi connectivity index (χ0n) is 17.0. The quantitative estimate of drug-likeness (QED) is 0.716. The number of nitrogens with zero attached hydrogens (tertiary/aromatic N) is 2. The van der Waals surface area contributed by atoms with Crippen molar-refractivity contribution < 1.29 is 14.3 Å². The summed E-state index contributed by atoms with van der Waals surface area (Å²) in [6.45, 7) is 1.49. The van der Waals surface area contributed by atoms with E-state index >= 15 is 0 Å². The molecule has 0 bridgehead atoms. The maximum atomic E-state index is 12.5. The molecule has 2 aliphatic heterocycles. The highest BCUT2D eigenvalue weighted by atomic mass is 35.5. The van der Waals surface area contributed by atoms with E-state index in [9.17, 15) is 9.59 Å². The molecule has 162 valence electrons. The Morgan fingerprint density at radius 2 is 1.94 bits per heavy atom. The van der Waals surface area contributed by atoms with Crippen molar-refractivity contribution in [1.29, 1.82) is 0 Å². The second-order valence-corrected chi connectivity index (χ2v) is 8.50. The van der Waals surface area contributed by atoms with E-state index in [1.54, 1.807) is 36.4 Å². The van der Waals surface area contributed by atoms with Gasteiger partial charge in [-0.3, -0.25) is 19.5 Å². The van der Waals surface area contributed by atoms with Crippen LogP contribution in [0.3, 0.4) is 0 Å². The first-order valence-electron chi connectivity index (χ1n) is 9.91. The molecular weight excluding hydrogens is 439 g/mol.